The van der Waals surface area contributed by atoms with Crippen LogP contribution in [0.2, 0.25) is 0 Å². The maximum Gasteiger partial charge on any atom is 0.240 e. The lowest BCUT2D eigenvalue weighted by Crippen LogP contribution is -2.23. The van der Waals surface area contributed by atoms with Crippen LogP contribution in [0.5, 0.6) is 11.5 Å². The molecule has 0 bridgehead atoms. The fourth-order valence-electron chi connectivity index (χ4n) is 3.08. The van der Waals surface area contributed by atoms with E-state index in [-0.39, 0.29) is 11.4 Å². The number of ether oxygens (including phenoxy) is 1. The van der Waals surface area contributed by atoms with E-state index in [1.807, 2.05) is 49.4 Å². The van der Waals surface area contributed by atoms with E-state index < -0.39 is 10.0 Å². The highest BCUT2D eigenvalue weighted by molar-refractivity contribution is 7.89. The number of pyridine rings is 2. The van der Waals surface area contributed by atoms with Crippen molar-refractivity contribution in [3.05, 3.63) is 103 Å². The molecule has 2 heterocycles. The number of nitrogens with one attached hydrogen (secondary N) is 1. The lowest BCUT2D eigenvalue weighted by atomic mass is 10.1. The van der Waals surface area contributed by atoms with Gasteiger partial charge in [-0.15, -0.1) is 0 Å². The summed E-state index contributed by atoms with van der Waals surface area (Å²) in [5.41, 5.74) is 3.29. The van der Waals surface area contributed by atoms with Crippen LogP contribution in [0.25, 0.3) is 11.3 Å². The summed E-state index contributed by atoms with van der Waals surface area (Å²) >= 11 is 0. The summed E-state index contributed by atoms with van der Waals surface area (Å²) in [6.45, 7) is 2.07. The van der Waals surface area contributed by atoms with Gasteiger partial charge in [0, 0.05) is 30.7 Å². The van der Waals surface area contributed by atoms with Gasteiger partial charge in [-0.1, -0.05) is 24.3 Å². The van der Waals surface area contributed by atoms with Crippen LogP contribution < -0.4 is 9.46 Å². The molecule has 0 radical (unpaired) electrons. The Morgan fingerprint density at radius 1 is 0.903 bits per heavy atom. The van der Waals surface area contributed by atoms with Gasteiger partial charge in [-0.25, -0.2) is 13.1 Å². The number of aromatic nitrogens is 2. The Labute approximate surface area is 181 Å². The molecular weight excluding hydrogens is 410 g/mol. The van der Waals surface area contributed by atoms with Crippen molar-refractivity contribution in [2.24, 2.45) is 0 Å². The summed E-state index contributed by atoms with van der Waals surface area (Å²) in [5, 5.41) is 0. The van der Waals surface area contributed by atoms with Crippen molar-refractivity contribution in [3.8, 4) is 22.8 Å². The normalized spacial score (nSPS) is 11.3. The number of nitrogens with zero attached hydrogens (tertiary/aromatic N) is 2. The van der Waals surface area contributed by atoms with Gasteiger partial charge in [0.25, 0.3) is 0 Å². The zero-order valence-corrected chi connectivity index (χ0v) is 17.7. The van der Waals surface area contributed by atoms with Crippen LogP contribution in [0.1, 0.15) is 11.1 Å². The van der Waals surface area contributed by atoms with Crippen LogP contribution in [0.15, 0.2) is 96.3 Å². The average Bonchev–Trinajstić information content (AvgIpc) is 2.80. The highest BCUT2D eigenvalue weighted by Crippen LogP contribution is 2.26. The number of rotatable bonds is 7. The van der Waals surface area contributed by atoms with Gasteiger partial charge in [0.1, 0.15) is 11.5 Å². The molecule has 0 atom stereocenters. The maximum absolute atomic E-state index is 12.8. The van der Waals surface area contributed by atoms with E-state index in [4.69, 9.17) is 4.74 Å². The fourth-order valence-corrected chi connectivity index (χ4v) is 4.09. The Balaban J connectivity index is 1.48. The SMILES string of the molecule is Cc1ccccc1Oc1ccc(S(=O)(=O)NCc2cccnc2-c2cccnc2)cc1. The largest absolute Gasteiger partial charge is 0.457 e. The van der Waals surface area contributed by atoms with E-state index >= 15 is 0 Å². The zero-order chi connectivity index (χ0) is 21.7. The molecule has 6 nitrogen and oxygen atoms in total. The van der Waals surface area contributed by atoms with Crippen molar-refractivity contribution in [1.82, 2.24) is 14.7 Å². The Morgan fingerprint density at radius 3 is 2.42 bits per heavy atom. The van der Waals surface area contributed by atoms with Crippen molar-refractivity contribution in [3.63, 3.8) is 0 Å². The van der Waals surface area contributed by atoms with Gasteiger partial charge < -0.3 is 4.74 Å². The third-order valence-electron chi connectivity index (χ3n) is 4.73. The summed E-state index contributed by atoms with van der Waals surface area (Å²) in [7, 11) is -3.70. The topological polar surface area (TPSA) is 81.2 Å². The third-order valence-corrected chi connectivity index (χ3v) is 6.15. The maximum atomic E-state index is 12.8. The van der Waals surface area contributed by atoms with E-state index in [0.717, 1.165) is 22.4 Å². The van der Waals surface area contributed by atoms with Crippen LogP contribution in [0.3, 0.4) is 0 Å². The molecule has 0 amide bonds. The number of hydrogen-bond donors (Lipinski definition) is 1. The minimum Gasteiger partial charge on any atom is -0.457 e. The number of aryl methyl sites for hydroxylation is 1. The molecule has 7 heteroatoms. The van der Waals surface area contributed by atoms with Crippen molar-refractivity contribution < 1.29 is 13.2 Å². The lowest BCUT2D eigenvalue weighted by molar-refractivity contribution is 0.478. The minimum absolute atomic E-state index is 0.113. The summed E-state index contributed by atoms with van der Waals surface area (Å²) in [6, 6.07) is 21.3. The monoisotopic (exact) mass is 431 g/mol. The van der Waals surface area contributed by atoms with Gasteiger partial charge in [-0.2, -0.15) is 0 Å². The first-order valence-electron chi connectivity index (χ1n) is 9.70. The number of sulfonamides is 1. The van der Waals surface area contributed by atoms with Gasteiger partial charge in [-0.3, -0.25) is 9.97 Å². The summed E-state index contributed by atoms with van der Waals surface area (Å²) < 4.78 is 34.1. The van der Waals surface area contributed by atoms with E-state index in [0.29, 0.717) is 11.4 Å². The molecule has 0 unspecified atom stereocenters. The van der Waals surface area contributed by atoms with Crippen LogP contribution in [0, 0.1) is 6.92 Å². The standard InChI is InChI=1S/C24H21N3O3S/c1-18-6-2-3-9-23(18)30-21-10-12-22(13-11-21)31(28,29)27-17-20-8-5-15-26-24(20)19-7-4-14-25-16-19/h2-16,27H,17H2,1H3. The molecule has 2 aromatic carbocycles. The van der Waals surface area contributed by atoms with Crippen LogP contribution in [-0.2, 0) is 16.6 Å². The Kier molecular flexibility index (Phi) is 6.06. The van der Waals surface area contributed by atoms with Gasteiger partial charge in [-0.05, 0) is 66.6 Å². The van der Waals surface area contributed by atoms with Crippen molar-refractivity contribution in [1.29, 1.82) is 0 Å². The number of benzene rings is 2. The van der Waals surface area contributed by atoms with E-state index in [1.165, 1.54) is 12.1 Å². The van der Waals surface area contributed by atoms with Crippen LogP contribution >= 0.6 is 0 Å². The molecule has 0 saturated heterocycles. The van der Waals surface area contributed by atoms with Crippen molar-refractivity contribution in [2.75, 3.05) is 0 Å². The Bertz CT molecular complexity index is 1270. The van der Waals surface area contributed by atoms with E-state index in [1.54, 1.807) is 36.8 Å². The predicted octanol–water partition coefficient (Wildman–Crippen LogP) is 4.72. The second kappa shape index (κ2) is 9.07. The second-order valence-corrected chi connectivity index (χ2v) is 8.68. The first-order valence-corrected chi connectivity index (χ1v) is 11.2. The quantitative estimate of drug-likeness (QED) is 0.458. The van der Waals surface area contributed by atoms with E-state index in [9.17, 15) is 8.42 Å². The number of hydrogen-bond acceptors (Lipinski definition) is 5. The van der Waals surface area contributed by atoms with E-state index in [2.05, 4.69) is 14.7 Å². The van der Waals surface area contributed by atoms with Crippen LogP contribution in [0.4, 0.5) is 0 Å². The van der Waals surface area contributed by atoms with Gasteiger partial charge in [0.05, 0.1) is 10.6 Å². The molecule has 2 aromatic heterocycles. The average molecular weight is 432 g/mol. The zero-order valence-electron chi connectivity index (χ0n) is 16.9. The van der Waals surface area contributed by atoms with Crippen molar-refractivity contribution >= 4 is 10.0 Å². The van der Waals surface area contributed by atoms with Gasteiger partial charge in [0.15, 0.2) is 0 Å². The predicted molar refractivity (Wildman–Crippen MR) is 119 cm³/mol. The highest BCUT2D eigenvalue weighted by atomic mass is 32.2. The van der Waals surface area contributed by atoms with Crippen molar-refractivity contribution in [2.45, 2.75) is 18.4 Å². The Morgan fingerprint density at radius 2 is 1.68 bits per heavy atom. The summed E-state index contributed by atoms with van der Waals surface area (Å²) in [4.78, 5) is 8.66. The molecule has 4 aromatic rings. The molecule has 0 spiro atoms. The molecule has 4 rings (SSSR count). The minimum atomic E-state index is -3.70. The van der Waals surface area contributed by atoms with Gasteiger partial charge in [0.2, 0.25) is 10.0 Å². The molecule has 0 aliphatic heterocycles. The highest BCUT2D eigenvalue weighted by Gasteiger charge is 2.16. The molecular formula is C24H21N3O3S. The lowest BCUT2D eigenvalue weighted by Gasteiger charge is -2.11. The molecule has 0 aliphatic carbocycles. The Hall–Kier alpha value is -3.55. The summed E-state index contributed by atoms with van der Waals surface area (Å²) in [5.74, 6) is 1.30. The van der Waals surface area contributed by atoms with Gasteiger partial charge >= 0.3 is 0 Å². The summed E-state index contributed by atoms with van der Waals surface area (Å²) in [6.07, 6.45) is 5.06. The molecule has 1 N–H and O–H groups in total. The number of para-hydroxylation sites is 1. The first-order chi connectivity index (χ1) is 15.0. The first kappa shape index (κ1) is 20.7. The smallest absolute Gasteiger partial charge is 0.240 e. The molecule has 0 aliphatic rings. The molecule has 31 heavy (non-hydrogen) atoms. The molecule has 156 valence electrons. The molecule has 0 fully saturated rings. The molecule has 0 saturated carbocycles. The van der Waals surface area contributed by atoms with Crippen LogP contribution in [-0.4, -0.2) is 18.4 Å². The fraction of sp³-hybridized carbons (Fsp3) is 0.0833. The second-order valence-electron chi connectivity index (χ2n) is 6.92. The third kappa shape index (κ3) is 4.96.